The molecular weight excluding hydrogens is 344 g/mol. The molecule has 0 aromatic heterocycles. The van der Waals surface area contributed by atoms with E-state index in [1.165, 1.54) is 70.6 Å². The number of hydrogen-bond donors (Lipinski definition) is 0. The summed E-state index contributed by atoms with van der Waals surface area (Å²) in [6.45, 7) is 5.81. The lowest BCUT2D eigenvalue weighted by Crippen LogP contribution is -2.10. The fourth-order valence-electron chi connectivity index (χ4n) is 3.39. The molecule has 0 aromatic rings. The summed E-state index contributed by atoms with van der Waals surface area (Å²) in [5, 5.41) is 1.94. The number of unbranched alkanes of at least 4 members (excludes halogenated alkanes) is 9. The Morgan fingerprint density at radius 3 is 1.96 bits per heavy atom. The molecule has 26 heavy (non-hydrogen) atoms. The van der Waals surface area contributed by atoms with Crippen molar-refractivity contribution in [2.45, 2.75) is 114 Å². The van der Waals surface area contributed by atoms with Gasteiger partial charge in [-0.15, -0.1) is 0 Å². The van der Waals surface area contributed by atoms with Crippen molar-refractivity contribution >= 4 is 17.7 Å². The first-order valence-electron chi connectivity index (χ1n) is 11.2. The Kier molecular flexibility index (Phi) is 15.5. The third-order valence-corrected chi connectivity index (χ3v) is 6.61. The molecule has 1 heterocycles. The molecule has 0 aromatic carbocycles. The highest BCUT2D eigenvalue weighted by atomic mass is 32.2. The highest BCUT2D eigenvalue weighted by Gasteiger charge is 2.36. The highest BCUT2D eigenvalue weighted by Crippen LogP contribution is 2.47. The Balaban J connectivity index is 1.77. The summed E-state index contributed by atoms with van der Waals surface area (Å²) < 4.78 is 10.3. The van der Waals surface area contributed by atoms with E-state index in [-0.39, 0.29) is 5.97 Å². The lowest BCUT2D eigenvalue weighted by atomic mass is 10.0. The summed E-state index contributed by atoms with van der Waals surface area (Å²) >= 11 is 2.22. The average molecular weight is 387 g/mol. The molecule has 1 saturated heterocycles. The topological polar surface area (TPSA) is 35.5 Å². The number of rotatable bonds is 19. The SMILES string of the molecule is CCCCCCCCC1SC1CCCCCCCC(=O)OCCOCC. The summed E-state index contributed by atoms with van der Waals surface area (Å²) in [6.07, 6.45) is 18.0. The zero-order valence-electron chi connectivity index (χ0n) is 17.3. The molecule has 2 atom stereocenters. The number of esters is 1. The van der Waals surface area contributed by atoms with Crippen LogP contribution < -0.4 is 0 Å². The minimum atomic E-state index is -0.0726. The molecule has 0 amide bonds. The molecule has 0 aliphatic carbocycles. The second kappa shape index (κ2) is 16.9. The highest BCUT2D eigenvalue weighted by molar-refractivity contribution is 8.07. The summed E-state index contributed by atoms with van der Waals surface area (Å²) in [7, 11) is 0. The van der Waals surface area contributed by atoms with Crippen molar-refractivity contribution in [3.8, 4) is 0 Å². The van der Waals surface area contributed by atoms with Crippen molar-refractivity contribution in [2.75, 3.05) is 19.8 Å². The van der Waals surface area contributed by atoms with Gasteiger partial charge in [-0.05, 0) is 26.2 Å². The fourth-order valence-corrected chi connectivity index (χ4v) is 4.62. The molecule has 2 unspecified atom stereocenters. The Morgan fingerprint density at radius 2 is 1.35 bits per heavy atom. The van der Waals surface area contributed by atoms with Gasteiger partial charge in [0.15, 0.2) is 0 Å². The van der Waals surface area contributed by atoms with Crippen LogP contribution in [0.3, 0.4) is 0 Å². The van der Waals surface area contributed by atoms with Gasteiger partial charge in [0.2, 0.25) is 0 Å². The van der Waals surface area contributed by atoms with E-state index >= 15 is 0 Å². The summed E-state index contributed by atoms with van der Waals surface area (Å²) in [6, 6.07) is 0. The van der Waals surface area contributed by atoms with Crippen molar-refractivity contribution in [2.24, 2.45) is 0 Å². The molecular formula is C22H42O3S. The molecule has 0 N–H and O–H groups in total. The molecule has 0 spiro atoms. The van der Waals surface area contributed by atoms with Gasteiger partial charge in [-0.25, -0.2) is 0 Å². The van der Waals surface area contributed by atoms with Gasteiger partial charge in [0.05, 0.1) is 6.61 Å². The Hall–Kier alpha value is -0.220. The maximum Gasteiger partial charge on any atom is 0.305 e. The smallest absolute Gasteiger partial charge is 0.305 e. The van der Waals surface area contributed by atoms with Crippen LogP contribution in [-0.4, -0.2) is 36.3 Å². The van der Waals surface area contributed by atoms with Crippen LogP contribution in [0, 0.1) is 0 Å². The predicted molar refractivity (Wildman–Crippen MR) is 113 cm³/mol. The molecule has 0 bridgehead atoms. The van der Waals surface area contributed by atoms with Gasteiger partial charge in [0.25, 0.3) is 0 Å². The largest absolute Gasteiger partial charge is 0.463 e. The quantitative estimate of drug-likeness (QED) is 0.144. The molecule has 0 radical (unpaired) electrons. The normalized spacial score (nSPS) is 18.8. The maximum atomic E-state index is 11.5. The first-order valence-corrected chi connectivity index (χ1v) is 12.1. The second-order valence-corrected chi connectivity index (χ2v) is 8.98. The van der Waals surface area contributed by atoms with Crippen LogP contribution in [0.25, 0.3) is 0 Å². The van der Waals surface area contributed by atoms with E-state index in [9.17, 15) is 4.79 Å². The van der Waals surface area contributed by atoms with E-state index in [1.807, 2.05) is 6.92 Å². The van der Waals surface area contributed by atoms with Crippen LogP contribution in [-0.2, 0) is 14.3 Å². The van der Waals surface area contributed by atoms with Gasteiger partial charge in [0, 0.05) is 23.5 Å². The molecule has 1 aliphatic rings. The molecule has 0 saturated carbocycles. The Labute approximate surface area is 166 Å². The standard InChI is InChI=1S/C22H42O3S/c1-3-5-6-7-9-12-15-20-21(26-20)16-13-10-8-11-14-17-22(23)25-19-18-24-4-2/h20-21H,3-19H2,1-2H3. The number of carbonyl (C=O) groups is 1. The molecule has 1 fully saturated rings. The van der Waals surface area contributed by atoms with Crippen molar-refractivity contribution in [3.05, 3.63) is 0 Å². The van der Waals surface area contributed by atoms with E-state index in [2.05, 4.69) is 18.7 Å². The van der Waals surface area contributed by atoms with Gasteiger partial charge in [0.1, 0.15) is 6.61 Å². The Bertz CT molecular complexity index is 335. The van der Waals surface area contributed by atoms with Crippen molar-refractivity contribution in [3.63, 3.8) is 0 Å². The van der Waals surface area contributed by atoms with E-state index < -0.39 is 0 Å². The summed E-state index contributed by atoms with van der Waals surface area (Å²) in [5.74, 6) is -0.0726. The zero-order valence-corrected chi connectivity index (χ0v) is 18.1. The first kappa shape index (κ1) is 23.8. The van der Waals surface area contributed by atoms with E-state index in [4.69, 9.17) is 9.47 Å². The zero-order chi connectivity index (χ0) is 18.9. The van der Waals surface area contributed by atoms with Crippen LogP contribution in [0.1, 0.15) is 104 Å². The third-order valence-electron chi connectivity index (χ3n) is 5.09. The molecule has 3 nitrogen and oxygen atoms in total. The molecule has 154 valence electrons. The van der Waals surface area contributed by atoms with Crippen LogP contribution in [0.15, 0.2) is 0 Å². The molecule has 4 heteroatoms. The van der Waals surface area contributed by atoms with Gasteiger partial charge in [-0.1, -0.05) is 71.1 Å². The minimum absolute atomic E-state index is 0.0726. The van der Waals surface area contributed by atoms with Crippen molar-refractivity contribution in [1.82, 2.24) is 0 Å². The number of ether oxygens (including phenoxy) is 2. The van der Waals surface area contributed by atoms with Crippen LogP contribution in [0.5, 0.6) is 0 Å². The van der Waals surface area contributed by atoms with Crippen LogP contribution in [0.2, 0.25) is 0 Å². The number of thioether (sulfide) groups is 1. The number of hydrogen-bond acceptors (Lipinski definition) is 4. The minimum Gasteiger partial charge on any atom is -0.463 e. The van der Waals surface area contributed by atoms with Gasteiger partial charge in [-0.3, -0.25) is 4.79 Å². The molecule has 1 rings (SSSR count). The second-order valence-electron chi connectivity index (χ2n) is 7.49. The van der Waals surface area contributed by atoms with E-state index in [0.29, 0.717) is 26.2 Å². The van der Waals surface area contributed by atoms with Crippen LogP contribution in [0.4, 0.5) is 0 Å². The van der Waals surface area contributed by atoms with E-state index in [1.54, 1.807) is 0 Å². The predicted octanol–water partition coefficient (Wildman–Crippen LogP) is 6.53. The van der Waals surface area contributed by atoms with Crippen molar-refractivity contribution < 1.29 is 14.3 Å². The lowest BCUT2D eigenvalue weighted by Gasteiger charge is -2.05. The average Bonchev–Trinajstić information content (AvgIpc) is 3.39. The van der Waals surface area contributed by atoms with Gasteiger partial charge >= 0.3 is 5.97 Å². The third kappa shape index (κ3) is 13.9. The number of carbonyl (C=O) groups excluding carboxylic acids is 1. The van der Waals surface area contributed by atoms with Gasteiger partial charge < -0.3 is 9.47 Å². The van der Waals surface area contributed by atoms with Crippen molar-refractivity contribution in [1.29, 1.82) is 0 Å². The van der Waals surface area contributed by atoms with Crippen LogP contribution >= 0.6 is 11.8 Å². The fraction of sp³-hybridized carbons (Fsp3) is 0.955. The lowest BCUT2D eigenvalue weighted by molar-refractivity contribution is -0.145. The monoisotopic (exact) mass is 386 g/mol. The van der Waals surface area contributed by atoms with E-state index in [0.717, 1.165) is 23.3 Å². The summed E-state index contributed by atoms with van der Waals surface area (Å²) in [4.78, 5) is 11.5. The van der Waals surface area contributed by atoms with Gasteiger partial charge in [-0.2, -0.15) is 11.8 Å². The summed E-state index contributed by atoms with van der Waals surface area (Å²) in [5.41, 5.74) is 0. The molecule has 1 aliphatic heterocycles. The first-order chi connectivity index (χ1) is 12.8. The maximum absolute atomic E-state index is 11.5. The Morgan fingerprint density at radius 1 is 0.769 bits per heavy atom.